The summed E-state index contributed by atoms with van der Waals surface area (Å²) in [5.41, 5.74) is 6.44. The minimum Gasteiger partial charge on any atom is -0.352 e. The second-order valence-electron chi connectivity index (χ2n) is 4.35. The van der Waals surface area contributed by atoms with Gasteiger partial charge in [0, 0.05) is 19.0 Å². The molecule has 0 bridgehead atoms. The highest BCUT2D eigenvalue weighted by atomic mass is 16.2. The van der Waals surface area contributed by atoms with Gasteiger partial charge >= 0.3 is 6.03 Å². The molecule has 1 aromatic carbocycles. The summed E-state index contributed by atoms with van der Waals surface area (Å²) in [6.07, 6.45) is 0. The van der Waals surface area contributed by atoms with Crippen LogP contribution >= 0.6 is 0 Å². The lowest BCUT2D eigenvalue weighted by molar-refractivity contribution is 0.244. The van der Waals surface area contributed by atoms with Gasteiger partial charge in [0.1, 0.15) is 0 Å². The van der Waals surface area contributed by atoms with E-state index in [0.717, 1.165) is 13.1 Å². The first-order chi connectivity index (χ1) is 7.66. The second kappa shape index (κ2) is 4.53. The summed E-state index contributed by atoms with van der Waals surface area (Å²) in [6, 6.07) is 9.91. The molecule has 4 heteroatoms. The van der Waals surface area contributed by atoms with Crippen molar-refractivity contribution in [2.45, 2.75) is 12.0 Å². The molecule has 4 nitrogen and oxygen atoms in total. The summed E-state index contributed by atoms with van der Waals surface area (Å²) in [5.74, 6) is 0.332. The number of carbonyl (C=O) groups is 1. The van der Waals surface area contributed by atoms with Crippen LogP contribution in [0.2, 0.25) is 0 Å². The molecule has 86 valence electrons. The van der Waals surface area contributed by atoms with Gasteiger partial charge < -0.3 is 16.0 Å². The van der Waals surface area contributed by atoms with Crippen LogP contribution in [-0.2, 0) is 0 Å². The van der Waals surface area contributed by atoms with Gasteiger partial charge in [-0.05, 0) is 12.6 Å². The average molecular weight is 219 g/mol. The van der Waals surface area contributed by atoms with Crippen LogP contribution in [0.15, 0.2) is 30.3 Å². The van der Waals surface area contributed by atoms with E-state index in [1.807, 2.05) is 18.2 Å². The van der Waals surface area contributed by atoms with E-state index < -0.39 is 6.03 Å². The zero-order chi connectivity index (χ0) is 11.5. The number of amides is 2. The maximum absolute atomic E-state index is 10.9. The van der Waals surface area contributed by atoms with Crippen molar-refractivity contribution >= 4 is 6.03 Å². The molecule has 1 aliphatic heterocycles. The number of hydrogen-bond donors (Lipinski definition) is 2. The molecule has 16 heavy (non-hydrogen) atoms. The Morgan fingerprint density at radius 1 is 1.38 bits per heavy atom. The monoisotopic (exact) mass is 219 g/mol. The van der Waals surface area contributed by atoms with E-state index in [-0.39, 0.29) is 6.04 Å². The first-order valence-electron chi connectivity index (χ1n) is 5.46. The first-order valence-corrected chi connectivity index (χ1v) is 5.46. The summed E-state index contributed by atoms with van der Waals surface area (Å²) in [7, 11) is 2.05. The highest BCUT2D eigenvalue weighted by Gasteiger charge is 2.32. The molecule has 1 heterocycles. The molecular formula is C12H17N3O. The fraction of sp³-hybridized carbons (Fsp3) is 0.417. The Bertz CT molecular complexity index is 366. The van der Waals surface area contributed by atoms with Crippen molar-refractivity contribution in [1.29, 1.82) is 0 Å². The van der Waals surface area contributed by atoms with Gasteiger partial charge in [-0.25, -0.2) is 4.79 Å². The van der Waals surface area contributed by atoms with Gasteiger partial charge in [-0.2, -0.15) is 0 Å². The predicted octanol–water partition coefficient (Wildman–Crippen LogP) is 0.752. The number of nitrogens with zero attached hydrogens (tertiary/aromatic N) is 1. The van der Waals surface area contributed by atoms with Crippen molar-refractivity contribution < 1.29 is 4.79 Å². The van der Waals surface area contributed by atoms with Gasteiger partial charge in [-0.15, -0.1) is 0 Å². The third kappa shape index (κ3) is 2.33. The molecule has 2 atom stereocenters. The largest absolute Gasteiger partial charge is 0.352 e. The molecule has 2 amide bonds. The lowest BCUT2D eigenvalue weighted by Gasteiger charge is -2.18. The van der Waals surface area contributed by atoms with Crippen molar-refractivity contribution in [2.75, 3.05) is 20.1 Å². The Labute approximate surface area is 95.4 Å². The molecule has 0 aromatic heterocycles. The second-order valence-corrected chi connectivity index (χ2v) is 4.35. The number of carbonyl (C=O) groups excluding carboxylic acids is 1. The number of benzene rings is 1. The molecule has 0 saturated carbocycles. The Kier molecular flexibility index (Phi) is 3.10. The van der Waals surface area contributed by atoms with Crippen LogP contribution < -0.4 is 11.1 Å². The van der Waals surface area contributed by atoms with E-state index in [1.54, 1.807) is 0 Å². The first kappa shape index (κ1) is 11.0. The summed E-state index contributed by atoms with van der Waals surface area (Å²) < 4.78 is 0. The van der Waals surface area contributed by atoms with E-state index in [1.165, 1.54) is 5.56 Å². The normalized spacial score (nSPS) is 25.6. The van der Waals surface area contributed by atoms with Crippen LogP contribution in [0.25, 0.3) is 0 Å². The maximum atomic E-state index is 10.9. The molecule has 0 radical (unpaired) electrons. The van der Waals surface area contributed by atoms with Gasteiger partial charge in [0.2, 0.25) is 0 Å². The Balaban J connectivity index is 2.15. The van der Waals surface area contributed by atoms with Crippen molar-refractivity contribution in [2.24, 2.45) is 5.73 Å². The van der Waals surface area contributed by atoms with Gasteiger partial charge in [0.15, 0.2) is 0 Å². The van der Waals surface area contributed by atoms with Gasteiger partial charge in [0.25, 0.3) is 0 Å². The van der Waals surface area contributed by atoms with Crippen LogP contribution in [0.1, 0.15) is 11.5 Å². The van der Waals surface area contributed by atoms with Gasteiger partial charge in [-0.1, -0.05) is 30.3 Å². The smallest absolute Gasteiger partial charge is 0.312 e. The van der Waals surface area contributed by atoms with Gasteiger partial charge in [-0.3, -0.25) is 0 Å². The molecule has 3 N–H and O–H groups in total. The maximum Gasteiger partial charge on any atom is 0.312 e. The fourth-order valence-corrected chi connectivity index (χ4v) is 2.37. The third-order valence-corrected chi connectivity index (χ3v) is 3.06. The molecule has 0 spiro atoms. The number of nitrogens with one attached hydrogen (secondary N) is 1. The van der Waals surface area contributed by atoms with Crippen molar-refractivity contribution in [3.05, 3.63) is 35.9 Å². The van der Waals surface area contributed by atoms with E-state index in [4.69, 9.17) is 5.73 Å². The van der Waals surface area contributed by atoms with Crippen molar-refractivity contribution in [3.63, 3.8) is 0 Å². The quantitative estimate of drug-likeness (QED) is 0.771. The molecule has 1 aliphatic rings. The van der Waals surface area contributed by atoms with Crippen LogP contribution in [0.5, 0.6) is 0 Å². The number of likely N-dealkylation sites (tertiary alicyclic amines) is 1. The minimum atomic E-state index is -0.443. The molecule has 0 aliphatic carbocycles. The summed E-state index contributed by atoms with van der Waals surface area (Å²) >= 11 is 0. The lowest BCUT2D eigenvalue weighted by atomic mass is 9.94. The Hall–Kier alpha value is -1.55. The van der Waals surface area contributed by atoms with Gasteiger partial charge in [0.05, 0.1) is 6.04 Å². The van der Waals surface area contributed by atoms with Crippen LogP contribution in [0.3, 0.4) is 0 Å². The predicted molar refractivity (Wildman–Crippen MR) is 63.2 cm³/mol. The summed E-state index contributed by atoms with van der Waals surface area (Å²) in [5, 5.41) is 2.82. The number of likely N-dealkylation sites (N-methyl/N-ethyl adjacent to an activating group) is 1. The molecule has 0 unspecified atom stereocenters. The highest BCUT2D eigenvalue weighted by Crippen LogP contribution is 2.26. The zero-order valence-electron chi connectivity index (χ0n) is 9.39. The van der Waals surface area contributed by atoms with Crippen molar-refractivity contribution in [1.82, 2.24) is 10.2 Å². The fourth-order valence-electron chi connectivity index (χ4n) is 2.37. The molecule has 1 fully saturated rings. The Morgan fingerprint density at radius 3 is 2.69 bits per heavy atom. The molecular weight excluding hydrogens is 202 g/mol. The lowest BCUT2D eigenvalue weighted by Crippen LogP contribution is -2.42. The number of primary amides is 1. The van der Waals surface area contributed by atoms with Crippen LogP contribution in [0.4, 0.5) is 4.79 Å². The van der Waals surface area contributed by atoms with Crippen LogP contribution in [0, 0.1) is 0 Å². The molecule has 1 saturated heterocycles. The SMILES string of the molecule is CN1C[C@@H](NC(N)=O)[C@H](c2ccccc2)C1. The minimum absolute atomic E-state index is 0.116. The highest BCUT2D eigenvalue weighted by molar-refractivity contribution is 5.72. The third-order valence-electron chi connectivity index (χ3n) is 3.06. The topological polar surface area (TPSA) is 58.4 Å². The number of nitrogens with two attached hydrogens (primary N) is 1. The average Bonchev–Trinajstić information content (AvgIpc) is 2.60. The summed E-state index contributed by atoms with van der Waals surface area (Å²) in [6.45, 7) is 1.80. The van der Waals surface area contributed by atoms with Crippen LogP contribution in [-0.4, -0.2) is 37.1 Å². The van der Waals surface area contributed by atoms with E-state index in [0.29, 0.717) is 5.92 Å². The Morgan fingerprint density at radius 2 is 2.06 bits per heavy atom. The number of rotatable bonds is 2. The van der Waals surface area contributed by atoms with E-state index >= 15 is 0 Å². The van der Waals surface area contributed by atoms with E-state index in [2.05, 4.69) is 29.4 Å². The van der Waals surface area contributed by atoms with Crippen molar-refractivity contribution in [3.8, 4) is 0 Å². The number of urea groups is 1. The number of hydrogen-bond acceptors (Lipinski definition) is 2. The summed E-state index contributed by atoms with van der Waals surface area (Å²) in [4.78, 5) is 13.1. The molecule has 2 rings (SSSR count). The van der Waals surface area contributed by atoms with E-state index in [9.17, 15) is 4.79 Å². The molecule has 1 aromatic rings. The standard InChI is InChI=1S/C12H17N3O/c1-15-7-10(9-5-3-2-4-6-9)11(8-15)14-12(13)16/h2-6,10-11H,7-8H2,1H3,(H3,13,14,16)/t10-,11+/m0/s1. The zero-order valence-corrected chi connectivity index (χ0v) is 9.39.